The summed E-state index contributed by atoms with van der Waals surface area (Å²) < 4.78 is 18.2. The number of pyridine rings is 1. The number of carbonyl (C=O) groups is 1. The Morgan fingerprint density at radius 3 is 2.55 bits per heavy atom. The van der Waals surface area contributed by atoms with Crippen LogP contribution in [0.3, 0.4) is 0 Å². The number of amides is 1. The number of nitrogens with zero attached hydrogens (tertiary/aromatic N) is 2. The molecule has 1 aromatic rings. The van der Waals surface area contributed by atoms with E-state index in [9.17, 15) is 14.7 Å². The molecular weight excluding hydrogens is 444 g/mol. The van der Waals surface area contributed by atoms with E-state index in [2.05, 4.69) is 15.9 Å². The molecule has 2 heterocycles. The van der Waals surface area contributed by atoms with E-state index < -0.39 is 29.3 Å². The quantitative estimate of drug-likeness (QED) is 0.705. The van der Waals surface area contributed by atoms with E-state index in [4.69, 9.17) is 14.2 Å². The summed E-state index contributed by atoms with van der Waals surface area (Å²) in [6.07, 6.45) is 0.552. The maximum absolute atomic E-state index is 12.8. The van der Waals surface area contributed by atoms with Crippen molar-refractivity contribution in [1.29, 1.82) is 0 Å². The summed E-state index contributed by atoms with van der Waals surface area (Å²) in [6, 6.07) is -0.408. The molecule has 0 aliphatic carbocycles. The van der Waals surface area contributed by atoms with Gasteiger partial charge in [0, 0.05) is 38.9 Å². The zero-order valence-electron chi connectivity index (χ0n) is 18.1. The number of ether oxygens (including phenoxy) is 3. The molecular formula is C20H31BrN2O6. The third-order valence-corrected chi connectivity index (χ3v) is 6.01. The molecule has 9 heteroatoms. The molecule has 3 unspecified atom stereocenters. The third kappa shape index (κ3) is 4.62. The molecule has 1 amide bonds. The maximum atomic E-state index is 12.8. The van der Waals surface area contributed by atoms with Gasteiger partial charge >= 0.3 is 6.09 Å². The van der Waals surface area contributed by atoms with Gasteiger partial charge in [-0.05, 0) is 43.1 Å². The van der Waals surface area contributed by atoms with Gasteiger partial charge in [-0.25, -0.2) is 4.79 Å². The normalized spacial score (nSPS) is 24.0. The molecule has 0 spiro atoms. The first-order valence-electron chi connectivity index (χ1n) is 9.47. The Morgan fingerprint density at radius 2 is 2.03 bits per heavy atom. The summed E-state index contributed by atoms with van der Waals surface area (Å²) in [4.78, 5) is 26.8. The number of aliphatic hydroxyl groups is 1. The number of hydrogen-bond acceptors (Lipinski definition) is 6. The fraction of sp³-hybridized carbons (Fsp3) is 0.700. The lowest BCUT2D eigenvalue weighted by atomic mass is 9.70. The zero-order chi connectivity index (χ0) is 22.1. The minimum absolute atomic E-state index is 0.0916. The highest BCUT2D eigenvalue weighted by molar-refractivity contribution is 9.10. The number of carbonyl (C=O) groups excluding carboxylic acids is 1. The molecule has 0 radical (unpaired) electrons. The summed E-state index contributed by atoms with van der Waals surface area (Å²) in [5.74, 6) is 0.0916. The van der Waals surface area contributed by atoms with Gasteiger partial charge in [-0.3, -0.25) is 4.79 Å². The van der Waals surface area contributed by atoms with Crippen LogP contribution in [-0.2, 0) is 16.0 Å². The van der Waals surface area contributed by atoms with Crippen LogP contribution in [0, 0.1) is 5.41 Å². The van der Waals surface area contributed by atoms with Crippen molar-refractivity contribution in [1.82, 2.24) is 9.47 Å². The van der Waals surface area contributed by atoms with Crippen LogP contribution in [0.15, 0.2) is 15.5 Å². The van der Waals surface area contributed by atoms with Gasteiger partial charge in [-0.15, -0.1) is 0 Å². The van der Waals surface area contributed by atoms with E-state index >= 15 is 0 Å². The number of fused-ring (bicyclic) bond motifs is 1. The molecule has 0 saturated carbocycles. The highest BCUT2D eigenvalue weighted by Gasteiger charge is 2.50. The van der Waals surface area contributed by atoms with Crippen molar-refractivity contribution in [3.05, 3.63) is 26.6 Å². The minimum Gasteiger partial charge on any atom is -0.491 e. The number of aliphatic hydroxyl groups excluding tert-OH is 1. The van der Waals surface area contributed by atoms with Crippen LogP contribution < -0.4 is 10.2 Å². The second-order valence-corrected chi connectivity index (χ2v) is 9.49. The number of aromatic nitrogens is 1. The molecule has 0 fully saturated rings. The Balaban J connectivity index is 2.58. The highest BCUT2D eigenvalue weighted by Crippen LogP contribution is 2.48. The second-order valence-electron chi connectivity index (χ2n) is 8.64. The molecule has 1 N–H and O–H groups in total. The van der Waals surface area contributed by atoms with Crippen LogP contribution >= 0.6 is 15.9 Å². The molecule has 1 aliphatic rings. The first-order chi connectivity index (χ1) is 13.4. The van der Waals surface area contributed by atoms with Crippen molar-refractivity contribution in [2.24, 2.45) is 5.41 Å². The molecule has 164 valence electrons. The molecule has 3 atom stereocenters. The van der Waals surface area contributed by atoms with E-state index in [1.165, 1.54) is 12.0 Å². The highest BCUT2D eigenvalue weighted by atomic mass is 79.9. The van der Waals surface area contributed by atoms with Gasteiger partial charge in [0.2, 0.25) is 5.43 Å². The number of halogens is 1. The first-order valence-corrected chi connectivity index (χ1v) is 10.3. The van der Waals surface area contributed by atoms with Crippen molar-refractivity contribution in [2.75, 3.05) is 27.9 Å². The standard InChI is InChI=1S/C20H31BrN2O6/c1-19(2,3)29-18(26)22(5)13-11-23-10-12(21)15(24)16(28-7)14(23)17(25)20(13,4)8-9-27-6/h10,13,17,25H,8-9,11H2,1-7H3. The predicted molar refractivity (Wildman–Crippen MR) is 112 cm³/mol. The summed E-state index contributed by atoms with van der Waals surface area (Å²) in [7, 11) is 4.65. The van der Waals surface area contributed by atoms with E-state index in [1.807, 2.05) is 6.92 Å². The Kier molecular flexibility index (Phi) is 7.07. The third-order valence-electron chi connectivity index (χ3n) is 5.45. The van der Waals surface area contributed by atoms with E-state index in [0.717, 1.165) is 0 Å². The van der Waals surface area contributed by atoms with E-state index in [-0.39, 0.29) is 11.2 Å². The van der Waals surface area contributed by atoms with Crippen LogP contribution in [0.5, 0.6) is 5.75 Å². The van der Waals surface area contributed by atoms with Crippen molar-refractivity contribution < 1.29 is 24.1 Å². The lowest BCUT2D eigenvalue weighted by Crippen LogP contribution is -2.56. The van der Waals surface area contributed by atoms with Crippen molar-refractivity contribution in [3.8, 4) is 5.75 Å². The number of likely N-dealkylation sites (N-methyl/N-ethyl adjacent to an activating group) is 1. The van der Waals surface area contributed by atoms with Gasteiger partial charge < -0.3 is 28.8 Å². The Bertz CT molecular complexity index is 818. The number of hydrogen-bond donors (Lipinski definition) is 1. The van der Waals surface area contributed by atoms with E-state index in [1.54, 1.807) is 45.7 Å². The molecule has 0 saturated heterocycles. The Morgan fingerprint density at radius 1 is 1.41 bits per heavy atom. The van der Waals surface area contributed by atoms with Crippen LogP contribution in [0.4, 0.5) is 4.79 Å². The van der Waals surface area contributed by atoms with Gasteiger partial charge in [-0.1, -0.05) is 6.92 Å². The average Bonchev–Trinajstić information content (AvgIpc) is 2.63. The topological polar surface area (TPSA) is 90.2 Å². The average molecular weight is 475 g/mol. The molecule has 0 aromatic carbocycles. The van der Waals surface area contributed by atoms with E-state index in [0.29, 0.717) is 29.7 Å². The summed E-state index contributed by atoms with van der Waals surface area (Å²) >= 11 is 3.26. The van der Waals surface area contributed by atoms with Crippen LogP contribution in [-0.4, -0.2) is 60.2 Å². The Hall–Kier alpha value is -1.58. The van der Waals surface area contributed by atoms with Crippen LogP contribution in [0.25, 0.3) is 0 Å². The Labute approximate surface area is 179 Å². The molecule has 2 rings (SSSR count). The molecule has 1 aliphatic heterocycles. The fourth-order valence-electron chi connectivity index (χ4n) is 3.79. The van der Waals surface area contributed by atoms with Gasteiger partial charge in [0.05, 0.1) is 23.3 Å². The van der Waals surface area contributed by atoms with Gasteiger partial charge in [0.1, 0.15) is 11.7 Å². The SMILES string of the molecule is COCCC1(C)C(O)c2c(OC)c(=O)c(Br)cn2CC1N(C)C(=O)OC(C)(C)C. The lowest BCUT2D eigenvalue weighted by molar-refractivity contribution is -0.0766. The molecule has 8 nitrogen and oxygen atoms in total. The molecule has 1 aromatic heterocycles. The molecule has 29 heavy (non-hydrogen) atoms. The summed E-state index contributed by atoms with van der Waals surface area (Å²) in [5, 5.41) is 11.4. The van der Waals surface area contributed by atoms with Crippen LogP contribution in [0.2, 0.25) is 0 Å². The van der Waals surface area contributed by atoms with Crippen molar-refractivity contribution >= 4 is 22.0 Å². The predicted octanol–water partition coefficient (Wildman–Crippen LogP) is 2.94. The van der Waals surface area contributed by atoms with Gasteiger partial charge in [-0.2, -0.15) is 0 Å². The smallest absolute Gasteiger partial charge is 0.410 e. The monoisotopic (exact) mass is 474 g/mol. The summed E-state index contributed by atoms with van der Waals surface area (Å²) in [5.41, 5.74) is -1.37. The molecule has 0 bridgehead atoms. The van der Waals surface area contributed by atoms with Crippen molar-refractivity contribution in [3.63, 3.8) is 0 Å². The minimum atomic E-state index is -1.06. The lowest BCUT2D eigenvalue weighted by Gasteiger charge is -2.49. The van der Waals surface area contributed by atoms with Gasteiger partial charge in [0.25, 0.3) is 0 Å². The number of rotatable bonds is 5. The zero-order valence-corrected chi connectivity index (χ0v) is 19.7. The van der Waals surface area contributed by atoms with Crippen LogP contribution in [0.1, 0.15) is 45.9 Å². The first kappa shape index (κ1) is 23.7. The maximum Gasteiger partial charge on any atom is 0.410 e. The summed E-state index contributed by atoms with van der Waals surface area (Å²) in [6.45, 7) is 8.05. The van der Waals surface area contributed by atoms with Crippen molar-refractivity contribution in [2.45, 2.75) is 58.4 Å². The fourth-order valence-corrected chi connectivity index (χ4v) is 4.22. The number of methoxy groups -OCH3 is 2. The van der Waals surface area contributed by atoms with Gasteiger partial charge in [0.15, 0.2) is 5.75 Å². The second kappa shape index (κ2) is 8.65. The largest absolute Gasteiger partial charge is 0.491 e.